The Bertz CT molecular complexity index is 1330. The molecule has 3 aromatic carbocycles. The van der Waals surface area contributed by atoms with Crippen molar-refractivity contribution >= 4 is 22.6 Å². The van der Waals surface area contributed by atoms with E-state index in [2.05, 4.69) is 10.3 Å². The fourth-order valence-corrected chi connectivity index (χ4v) is 3.74. The summed E-state index contributed by atoms with van der Waals surface area (Å²) in [6, 6.07) is 21.0. The molecule has 1 aromatic heterocycles. The summed E-state index contributed by atoms with van der Waals surface area (Å²) < 4.78 is 13.2. The number of nitrogens with zero attached hydrogens (tertiary/aromatic N) is 1. The maximum Gasteiger partial charge on any atom is 0.322 e. The van der Waals surface area contributed by atoms with Gasteiger partial charge in [-0.15, -0.1) is 0 Å². The molecule has 0 saturated heterocycles. The minimum Gasteiger partial charge on any atom is -0.322 e. The largest absolute Gasteiger partial charge is 0.322 e. The summed E-state index contributed by atoms with van der Waals surface area (Å²) >= 11 is 0. The van der Waals surface area contributed by atoms with Crippen molar-refractivity contribution in [1.29, 1.82) is 0 Å². The van der Waals surface area contributed by atoms with Crippen LogP contribution in [-0.4, -0.2) is 22.5 Å². The lowest BCUT2D eigenvalue weighted by Gasteiger charge is -2.23. The van der Waals surface area contributed by atoms with Crippen LogP contribution >= 0.6 is 0 Å². The maximum absolute atomic E-state index is 13.2. The number of amides is 2. The van der Waals surface area contributed by atoms with E-state index in [0.717, 1.165) is 27.6 Å². The molecule has 0 saturated carbocycles. The molecule has 0 aliphatic rings. The molecule has 0 atom stereocenters. The SMILES string of the molecule is Cc1cc2cc(CN(CCc3ccccc3)C(=O)Nc3ccc(F)cc3)c(=O)[nH]c2cc1C. The van der Waals surface area contributed by atoms with Crippen molar-refractivity contribution in [1.82, 2.24) is 9.88 Å². The summed E-state index contributed by atoms with van der Waals surface area (Å²) in [4.78, 5) is 30.5. The maximum atomic E-state index is 13.2. The number of H-pyrrole nitrogens is 1. The Morgan fingerprint density at radius 3 is 2.39 bits per heavy atom. The molecule has 0 fully saturated rings. The number of benzene rings is 3. The quantitative estimate of drug-likeness (QED) is 0.410. The predicted molar refractivity (Wildman–Crippen MR) is 130 cm³/mol. The lowest BCUT2D eigenvalue weighted by molar-refractivity contribution is 0.209. The lowest BCUT2D eigenvalue weighted by atomic mass is 10.0. The van der Waals surface area contributed by atoms with Gasteiger partial charge in [-0.1, -0.05) is 30.3 Å². The van der Waals surface area contributed by atoms with Crippen molar-refractivity contribution in [2.45, 2.75) is 26.8 Å². The lowest BCUT2D eigenvalue weighted by Crippen LogP contribution is -2.37. The van der Waals surface area contributed by atoms with Gasteiger partial charge in [0.15, 0.2) is 0 Å². The number of halogens is 1. The van der Waals surface area contributed by atoms with Crippen LogP contribution in [0.4, 0.5) is 14.9 Å². The van der Waals surface area contributed by atoms with E-state index < -0.39 is 0 Å². The zero-order chi connectivity index (χ0) is 23.4. The predicted octanol–water partition coefficient (Wildman–Crippen LogP) is 5.56. The number of carbonyl (C=O) groups is 1. The van der Waals surface area contributed by atoms with Gasteiger partial charge < -0.3 is 15.2 Å². The van der Waals surface area contributed by atoms with Gasteiger partial charge in [-0.2, -0.15) is 0 Å². The van der Waals surface area contributed by atoms with Gasteiger partial charge in [-0.25, -0.2) is 9.18 Å². The van der Waals surface area contributed by atoms with Crippen molar-refractivity contribution < 1.29 is 9.18 Å². The summed E-state index contributed by atoms with van der Waals surface area (Å²) in [7, 11) is 0. The summed E-state index contributed by atoms with van der Waals surface area (Å²) in [5, 5.41) is 3.73. The van der Waals surface area contributed by atoms with E-state index in [9.17, 15) is 14.0 Å². The third-order valence-corrected chi connectivity index (χ3v) is 5.79. The zero-order valence-electron chi connectivity index (χ0n) is 18.7. The first-order valence-electron chi connectivity index (χ1n) is 10.9. The fraction of sp³-hybridized carbons (Fsp3) is 0.185. The molecule has 4 aromatic rings. The van der Waals surface area contributed by atoms with Crippen LogP contribution < -0.4 is 10.9 Å². The first kappa shape index (κ1) is 22.3. The monoisotopic (exact) mass is 443 g/mol. The zero-order valence-corrected chi connectivity index (χ0v) is 18.7. The van der Waals surface area contributed by atoms with E-state index in [1.807, 2.05) is 62.4 Å². The summed E-state index contributed by atoms with van der Waals surface area (Å²) in [5.41, 5.74) is 4.89. The number of anilines is 1. The van der Waals surface area contributed by atoms with Crippen LogP contribution in [0.3, 0.4) is 0 Å². The molecule has 2 amide bonds. The minimum atomic E-state index is -0.373. The number of aromatic amines is 1. The highest BCUT2D eigenvalue weighted by Crippen LogP contribution is 2.18. The Kier molecular flexibility index (Phi) is 6.54. The summed E-state index contributed by atoms with van der Waals surface area (Å²) in [5.74, 6) is -0.373. The first-order chi connectivity index (χ1) is 15.9. The molecular weight excluding hydrogens is 417 g/mol. The molecule has 0 spiro atoms. The average molecular weight is 444 g/mol. The van der Waals surface area contributed by atoms with Gasteiger partial charge in [-0.05, 0) is 84.8 Å². The normalized spacial score (nSPS) is 10.9. The van der Waals surface area contributed by atoms with Crippen LogP contribution in [0.15, 0.2) is 77.6 Å². The third kappa shape index (κ3) is 5.47. The molecule has 33 heavy (non-hydrogen) atoms. The number of urea groups is 1. The molecule has 168 valence electrons. The smallest absolute Gasteiger partial charge is 0.322 e. The molecule has 5 nitrogen and oxygen atoms in total. The number of nitrogens with one attached hydrogen (secondary N) is 2. The van der Waals surface area contributed by atoms with Gasteiger partial charge in [-0.3, -0.25) is 4.79 Å². The fourth-order valence-electron chi connectivity index (χ4n) is 3.74. The van der Waals surface area contributed by atoms with Gasteiger partial charge in [0.2, 0.25) is 0 Å². The molecule has 0 unspecified atom stereocenters. The number of aromatic nitrogens is 1. The minimum absolute atomic E-state index is 0.151. The van der Waals surface area contributed by atoms with Gasteiger partial charge >= 0.3 is 6.03 Å². The summed E-state index contributed by atoms with van der Waals surface area (Å²) in [6.07, 6.45) is 0.640. The summed E-state index contributed by atoms with van der Waals surface area (Å²) in [6.45, 7) is 4.60. The van der Waals surface area contributed by atoms with Crippen molar-refractivity contribution in [3.63, 3.8) is 0 Å². The van der Waals surface area contributed by atoms with Gasteiger partial charge in [0.05, 0.1) is 6.54 Å². The topological polar surface area (TPSA) is 65.2 Å². The van der Waals surface area contributed by atoms with Crippen LogP contribution in [0, 0.1) is 19.7 Å². The van der Waals surface area contributed by atoms with E-state index >= 15 is 0 Å². The number of pyridine rings is 1. The molecule has 0 aliphatic carbocycles. The Morgan fingerprint density at radius 1 is 0.970 bits per heavy atom. The average Bonchev–Trinajstić information content (AvgIpc) is 2.80. The second kappa shape index (κ2) is 9.69. The standard InChI is InChI=1S/C27H26FN3O2/c1-18-14-21-16-22(26(32)30-25(21)15-19(18)2)17-31(13-12-20-6-4-3-5-7-20)27(33)29-24-10-8-23(28)9-11-24/h3-11,14-16H,12-13,17H2,1-2H3,(H,29,33)(H,30,32). The van der Waals surface area contributed by atoms with Crippen LogP contribution in [0.1, 0.15) is 22.3 Å². The van der Waals surface area contributed by atoms with E-state index in [-0.39, 0.29) is 24.0 Å². The van der Waals surface area contributed by atoms with E-state index in [4.69, 9.17) is 0 Å². The number of aryl methyl sites for hydroxylation is 2. The van der Waals surface area contributed by atoms with E-state index in [1.54, 1.807) is 4.90 Å². The number of hydrogen-bond acceptors (Lipinski definition) is 2. The van der Waals surface area contributed by atoms with Crippen molar-refractivity contribution in [2.75, 3.05) is 11.9 Å². The highest BCUT2D eigenvalue weighted by Gasteiger charge is 2.17. The number of hydrogen-bond donors (Lipinski definition) is 2. The van der Waals surface area contributed by atoms with E-state index in [0.29, 0.717) is 24.2 Å². The molecule has 0 bridgehead atoms. The highest BCUT2D eigenvalue weighted by atomic mass is 19.1. The molecule has 1 heterocycles. The first-order valence-corrected chi connectivity index (χ1v) is 10.9. The number of fused-ring (bicyclic) bond motifs is 1. The van der Waals surface area contributed by atoms with Crippen molar-refractivity contribution in [3.8, 4) is 0 Å². The van der Waals surface area contributed by atoms with Crippen LogP contribution in [0.5, 0.6) is 0 Å². The van der Waals surface area contributed by atoms with Gasteiger partial charge in [0.25, 0.3) is 5.56 Å². The Hall–Kier alpha value is -3.93. The Morgan fingerprint density at radius 2 is 1.67 bits per heavy atom. The van der Waals surface area contributed by atoms with Gasteiger partial charge in [0, 0.05) is 23.3 Å². The van der Waals surface area contributed by atoms with Crippen LogP contribution in [0.2, 0.25) is 0 Å². The van der Waals surface area contributed by atoms with Crippen LogP contribution in [-0.2, 0) is 13.0 Å². The third-order valence-electron chi connectivity index (χ3n) is 5.79. The highest BCUT2D eigenvalue weighted by molar-refractivity contribution is 5.89. The second-order valence-corrected chi connectivity index (χ2v) is 8.24. The number of rotatable bonds is 6. The molecular formula is C27H26FN3O2. The molecule has 0 radical (unpaired) electrons. The Balaban J connectivity index is 1.61. The van der Waals surface area contributed by atoms with Crippen molar-refractivity contribution in [2.24, 2.45) is 0 Å². The number of carbonyl (C=O) groups excluding carboxylic acids is 1. The van der Waals surface area contributed by atoms with E-state index in [1.165, 1.54) is 24.3 Å². The van der Waals surface area contributed by atoms with Crippen LogP contribution in [0.25, 0.3) is 10.9 Å². The second-order valence-electron chi connectivity index (χ2n) is 8.24. The molecule has 0 aliphatic heterocycles. The molecule has 2 N–H and O–H groups in total. The molecule has 4 rings (SSSR count). The van der Waals surface area contributed by atoms with Gasteiger partial charge in [0.1, 0.15) is 5.82 Å². The molecule has 6 heteroatoms. The Labute approximate surface area is 191 Å². The van der Waals surface area contributed by atoms with Crippen molar-refractivity contribution in [3.05, 3.63) is 111 Å².